The van der Waals surface area contributed by atoms with E-state index >= 15 is 0 Å². The van der Waals surface area contributed by atoms with Gasteiger partial charge in [0, 0.05) is 12.1 Å². The molecule has 0 saturated heterocycles. The predicted octanol–water partition coefficient (Wildman–Crippen LogP) is 2.94. The Labute approximate surface area is 182 Å². The predicted molar refractivity (Wildman–Crippen MR) is 120 cm³/mol. The van der Waals surface area contributed by atoms with Gasteiger partial charge in [-0.05, 0) is 37.8 Å². The molecule has 0 aliphatic rings. The van der Waals surface area contributed by atoms with Crippen molar-refractivity contribution in [3.63, 3.8) is 0 Å². The highest BCUT2D eigenvalue weighted by Gasteiger charge is 2.25. The highest BCUT2D eigenvalue weighted by molar-refractivity contribution is 7.13. The van der Waals surface area contributed by atoms with E-state index in [1.165, 1.54) is 20.5 Å². The Morgan fingerprint density at radius 3 is 2.52 bits per heavy atom. The van der Waals surface area contributed by atoms with E-state index in [0.29, 0.717) is 17.9 Å². The lowest BCUT2D eigenvalue weighted by atomic mass is 10.0. The number of aryl methyl sites for hydroxylation is 3. The Balaban J connectivity index is 1.93. The molecule has 0 atom stereocenters. The monoisotopic (exact) mass is 435 g/mol. The van der Waals surface area contributed by atoms with Crippen LogP contribution in [0, 0.1) is 13.8 Å². The number of benzene rings is 1. The molecule has 8 nitrogen and oxygen atoms in total. The molecule has 0 radical (unpaired) electrons. The number of fused-ring (bicyclic) bond motifs is 1. The molecule has 0 saturated carbocycles. The van der Waals surface area contributed by atoms with Gasteiger partial charge in [-0.2, -0.15) is 0 Å². The Bertz CT molecular complexity index is 1380. The number of hydrogen-bond acceptors (Lipinski definition) is 6. The van der Waals surface area contributed by atoms with Crippen LogP contribution in [0.1, 0.15) is 38.9 Å². The van der Waals surface area contributed by atoms with Crippen LogP contribution in [-0.2, 0) is 13.1 Å². The van der Waals surface area contributed by atoms with Crippen molar-refractivity contribution >= 4 is 34.2 Å². The minimum atomic E-state index is -0.786. The summed E-state index contributed by atoms with van der Waals surface area (Å²) < 4.78 is 2.68. The number of imidazole rings is 1. The third kappa shape index (κ3) is 3.57. The smallest absolute Gasteiger partial charge is 0.330 e. The first-order chi connectivity index (χ1) is 14.8. The molecular weight excluding hydrogens is 414 g/mol. The molecule has 31 heavy (non-hydrogen) atoms. The number of nitrogens with zero attached hydrogens (tertiary/aromatic N) is 4. The van der Waals surface area contributed by atoms with Gasteiger partial charge in [0.15, 0.2) is 22.9 Å². The molecule has 3 heterocycles. The number of ketones is 1. The van der Waals surface area contributed by atoms with E-state index in [4.69, 9.17) is 5.73 Å². The number of carbonyl (C=O) groups is 2. The molecule has 0 fully saturated rings. The van der Waals surface area contributed by atoms with Crippen LogP contribution >= 0.6 is 11.3 Å². The lowest BCUT2D eigenvalue weighted by molar-refractivity contribution is 0.0965. The van der Waals surface area contributed by atoms with Crippen LogP contribution in [0.15, 0.2) is 40.5 Å². The van der Waals surface area contributed by atoms with E-state index in [2.05, 4.69) is 9.97 Å². The Morgan fingerprint density at radius 1 is 1.13 bits per heavy atom. The van der Waals surface area contributed by atoms with Crippen molar-refractivity contribution in [3.8, 4) is 10.7 Å². The van der Waals surface area contributed by atoms with E-state index in [1.807, 2.05) is 43.5 Å². The molecule has 4 aromatic rings. The quantitative estimate of drug-likeness (QED) is 0.468. The number of amides is 1. The van der Waals surface area contributed by atoms with Crippen molar-refractivity contribution in [2.24, 2.45) is 5.73 Å². The van der Waals surface area contributed by atoms with Crippen LogP contribution in [0.3, 0.4) is 0 Å². The van der Waals surface area contributed by atoms with E-state index in [9.17, 15) is 14.4 Å². The average molecular weight is 436 g/mol. The van der Waals surface area contributed by atoms with Crippen molar-refractivity contribution in [2.45, 2.75) is 33.9 Å². The van der Waals surface area contributed by atoms with Crippen molar-refractivity contribution < 1.29 is 9.59 Å². The molecule has 9 heteroatoms. The summed E-state index contributed by atoms with van der Waals surface area (Å²) in [6.07, 6.45) is 0. The van der Waals surface area contributed by atoms with Gasteiger partial charge in [-0.1, -0.05) is 29.8 Å². The second-order valence-corrected chi connectivity index (χ2v) is 8.21. The average Bonchev–Trinajstić information content (AvgIpc) is 3.34. The number of hydrogen-bond donors (Lipinski definition) is 1. The van der Waals surface area contributed by atoms with Crippen LogP contribution in [0.25, 0.3) is 21.9 Å². The molecule has 0 unspecified atom stereocenters. The molecule has 3 aromatic heterocycles. The summed E-state index contributed by atoms with van der Waals surface area (Å²) in [6.45, 7) is 5.67. The standard InChI is InChI=1S/C22H21N5O3S/c1-4-26-21-18(17(19(23)29)24-20(25-21)16-6-5-9-31-16)27(22(26)30)11-15(28)14-8-7-12(2)10-13(14)3/h5-10H,4,11H2,1-3H3,(H2,23,29). The molecule has 0 bridgehead atoms. The molecule has 0 spiro atoms. The topological polar surface area (TPSA) is 113 Å². The van der Waals surface area contributed by atoms with Gasteiger partial charge >= 0.3 is 5.69 Å². The van der Waals surface area contributed by atoms with E-state index in [0.717, 1.165) is 16.0 Å². The zero-order valence-electron chi connectivity index (χ0n) is 17.4. The summed E-state index contributed by atoms with van der Waals surface area (Å²) in [7, 11) is 0. The van der Waals surface area contributed by atoms with Crippen LogP contribution < -0.4 is 11.4 Å². The lowest BCUT2D eigenvalue weighted by Gasteiger charge is -2.08. The minimum Gasteiger partial charge on any atom is -0.364 e. The van der Waals surface area contributed by atoms with Crippen LogP contribution in [0.2, 0.25) is 0 Å². The molecule has 0 aliphatic heterocycles. The third-order valence-electron chi connectivity index (χ3n) is 5.13. The number of thiophene rings is 1. The van der Waals surface area contributed by atoms with E-state index < -0.39 is 11.6 Å². The number of aromatic nitrogens is 4. The fraction of sp³-hybridized carbons (Fsp3) is 0.227. The van der Waals surface area contributed by atoms with Crippen molar-refractivity contribution in [1.82, 2.24) is 19.1 Å². The molecule has 2 N–H and O–H groups in total. The number of carbonyl (C=O) groups excluding carboxylic acids is 2. The second-order valence-electron chi connectivity index (χ2n) is 7.26. The van der Waals surface area contributed by atoms with Crippen LogP contribution in [0.4, 0.5) is 0 Å². The largest absolute Gasteiger partial charge is 0.364 e. The summed E-state index contributed by atoms with van der Waals surface area (Å²) in [5, 5.41) is 1.87. The zero-order valence-corrected chi connectivity index (χ0v) is 18.2. The maximum atomic E-state index is 13.2. The fourth-order valence-electron chi connectivity index (χ4n) is 3.69. The second kappa shape index (κ2) is 7.92. The highest BCUT2D eigenvalue weighted by Crippen LogP contribution is 2.25. The summed E-state index contributed by atoms with van der Waals surface area (Å²) in [5.74, 6) is -0.713. The number of primary amides is 1. The van der Waals surface area contributed by atoms with Crippen LogP contribution in [-0.4, -0.2) is 30.8 Å². The lowest BCUT2D eigenvalue weighted by Crippen LogP contribution is -2.27. The van der Waals surface area contributed by atoms with E-state index in [1.54, 1.807) is 13.0 Å². The fourth-order valence-corrected chi connectivity index (χ4v) is 4.34. The SMILES string of the molecule is CCn1c(=O)n(CC(=O)c2ccc(C)cc2C)c2c(C(N)=O)nc(-c3cccs3)nc21. The summed E-state index contributed by atoms with van der Waals surface area (Å²) >= 11 is 1.41. The Hall–Kier alpha value is -3.59. The number of rotatable bonds is 6. The Morgan fingerprint density at radius 2 is 1.90 bits per heavy atom. The summed E-state index contributed by atoms with van der Waals surface area (Å²) in [5.41, 5.74) is 7.95. The van der Waals surface area contributed by atoms with Crippen molar-refractivity contribution in [2.75, 3.05) is 0 Å². The normalized spacial score (nSPS) is 11.2. The molecule has 158 valence electrons. The summed E-state index contributed by atoms with van der Waals surface area (Å²) in [4.78, 5) is 48.1. The van der Waals surface area contributed by atoms with Gasteiger partial charge in [0.25, 0.3) is 5.91 Å². The summed E-state index contributed by atoms with van der Waals surface area (Å²) in [6, 6.07) is 9.18. The van der Waals surface area contributed by atoms with Gasteiger partial charge in [-0.25, -0.2) is 14.8 Å². The first kappa shape index (κ1) is 20.7. The van der Waals surface area contributed by atoms with E-state index in [-0.39, 0.29) is 29.2 Å². The third-order valence-corrected chi connectivity index (χ3v) is 5.99. The van der Waals surface area contributed by atoms with Crippen LogP contribution in [0.5, 0.6) is 0 Å². The molecular formula is C22H21N5O3S. The van der Waals surface area contributed by atoms with Crippen molar-refractivity contribution in [3.05, 3.63) is 68.6 Å². The first-order valence-electron chi connectivity index (χ1n) is 9.77. The minimum absolute atomic E-state index is 0.0777. The number of nitrogens with two attached hydrogens (primary N) is 1. The zero-order chi connectivity index (χ0) is 22.3. The van der Waals surface area contributed by atoms with Gasteiger partial charge in [0.05, 0.1) is 11.4 Å². The molecule has 0 aliphatic carbocycles. The van der Waals surface area contributed by atoms with Gasteiger partial charge in [-0.3, -0.25) is 18.7 Å². The first-order valence-corrected chi connectivity index (χ1v) is 10.6. The molecule has 1 aromatic carbocycles. The number of Topliss-reactive ketones (excluding diaryl/α,β-unsaturated/α-hetero) is 1. The molecule has 4 rings (SSSR count). The van der Waals surface area contributed by atoms with Gasteiger partial charge in [-0.15, -0.1) is 11.3 Å². The van der Waals surface area contributed by atoms with Gasteiger partial charge in [0.1, 0.15) is 5.52 Å². The maximum absolute atomic E-state index is 13.2. The highest BCUT2D eigenvalue weighted by atomic mass is 32.1. The van der Waals surface area contributed by atoms with Gasteiger partial charge in [0.2, 0.25) is 0 Å². The Kier molecular flexibility index (Phi) is 5.28. The molecule has 1 amide bonds. The van der Waals surface area contributed by atoms with Gasteiger partial charge < -0.3 is 5.73 Å². The van der Waals surface area contributed by atoms with Crippen molar-refractivity contribution in [1.29, 1.82) is 0 Å². The maximum Gasteiger partial charge on any atom is 0.330 e.